The maximum absolute atomic E-state index is 12.4. The van der Waals surface area contributed by atoms with Crippen molar-refractivity contribution in [2.75, 3.05) is 12.3 Å². The van der Waals surface area contributed by atoms with Crippen molar-refractivity contribution in [3.8, 4) is 0 Å². The van der Waals surface area contributed by atoms with Crippen LogP contribution in [0.5, 0.6) is 0 Å². The smallest absolute Gasteiger partial charge is 0.254 e. The molecule has 2 amide bonds. The molecule has 102 valence electrons. The highest BCUT2D eigenvalue weighted by Gasteiger charge is 2.31. The van der Waals surface area contributed by atoms with Crippen LogP contribution in [-0.4, -0.2) is 29.3 Å². The first-order valence-electron chi connectivity index (χ1n) is 6.16. The average molecular weight is 282 g/mol. The van der Waals surface area contributed by atoms with Crippen molar-refractivity contribution >= 4 is 29.1 Å². The van der Waals surface area contributed by atoms with Crippen LogP contribution < -0.4 is 11.5 Å². The predicted molar refractivity (Wildman–Crippen MR) is 73.7 cm³/mol. The van der Waals surface area contributed by atoms with Crippen LogP contribution in [0, 0.1) is 0 Å². The van der Waals surface area contributed by atoms with Gasteiger partial charge in [0.05, 0.1) is 10.7 Å². The van der Waals surface area contributed by atoms with Gasteiger partial charge in [-0.2, -0.15) is 0 Å². The second-order valence-corrected chi connectivity index (χ2v) is 5.06. The maximum atomic E-state index is 12.4. The number of primary amides is 1. The van der Waals surface area contributed by atoms with Gasteiger partial charge in [0.25, 0.3) is 5.91 Å². The highest BCUT2D eigenvalue weighted by Crippen LogP contribution is 2.23. The fraction of sp³-hybridized carbons (Fsp3) is 0.385. The molecule has 1 atom stereocenters. The Balaban J connectivity index is 2.26. The lowest BCUT2D eigenvalue weighted by molar-refractivity contribution is -0.123. The first-order valence-corrected chi connectivity index (χ1v) is 6.54. The lowest BCUT2D eigenvalue weighted by atomic mass is 10.00. The van der Waals surface area contributed by atoms with E-state index in [1.807, 2.05) is 0 Å². The molecular formula is C13H16ClN3O2. The van der Waals surface area contributed by atoms with Crippen molar-refractivity contribution in [1.29, 1.82) is 0 Å². The zero-order chi connectivity index (χ0) is 14.0. The highest BCUT2D eigenvalue weighted by atomic mass is 35.5. The van der Waals surface area contributed by atoms with Crippen molar-refractivity contribution in [2.45, 2.75) is 25.3 Å². The van der Waals surface area contributed by atoms with Crippen LogP contribution in [-0.2, 0) is 4.79 Å². The molecule has 0 aromatic heterocycles. The zero-order valence-electron chi connectivity index (χ0n) is 10.4. The fourth-order valence-corrected chi connectivity index (χ4v) is 2.43. The van der Waals surface area contributed by atoms with Crippen molar-refractivity contribution < 1.29 is 9.59 Å². The Hall–Kier alpha value is -1.75. The number of hydrogen-bond acceptors (Lipinski definition) is 3. The summed E-state index contributed by atoms with van der Waals surface area (Å²) in [6, 6.07) is 4.18. The number of carbonyl (C=O) groups excluding carboxylic acids is 2. The summed E-state index contributed by atoms with van der Waals surface area (Å²) < 4.78 is 0. The lowest BCUT2D eigenvalue weighted by Crippen LogP contribution is -2.50. The predicted octanol–water partition coefficient (Wildman–Crippen LogP) is 1.40. The Morgan fingerprint density at radius 2 is 2.05 bits per heavy atom. The number of nitrogens with zero attached hydrogens (tertiary/aromatic N) is 1. The third-order valence-electron chi connectivity index (χ3n) is 3.34. The van der Waals surface area contributed by atoms with E-state index >= 15 is 0 Å². The summed E-state index contributed by atoms with van der Waals surface area (Å²) >= 11 is 5.83. The van der Waals surface area contributed by atoms with Gasteiger partial charge in [-0.05, 0) is 37.5 Å². The lowest BCUT2D eigenvalue weighted by Gasteiger charge is -2.33. The molecule has 0 saturated carbocycles. The minimum atomic E-state index is -0.529. The maximum Gasteiger partial charge on any atom is 0.254 e. The van der Waals surface area contributed by atoms with E-state index in [0.29, 0.717) is 29.2 Å². The molecule has 1 heterocycles. The summed E-state index contributed by atoms with van der Waals surface area (Å²) in [5.74, 6) is -0.693. The number of carbonyl (C=O) groups is 2. The van der Waals surface area contributed by atoms with Crippen LogP contribution in [0.4, 0.5) is 5.69 Å². The molecule has 1 aliphatic rings. The molecule has 19 heavy (non-hydrogen) atoms. The van der Waals surface area contributed by atoms with Gasteiger partial charge >= 0.3 is 0 Å². The van der Waals surface area contributed by atoms with Crippen LogP contribution in [0.1, 0.15) is 29.6 Å². The summed E-state index contributed by atoms with van der Waals surface area (Å²) in [5, 5.41) is 0.404. The van der Waals surface area contributed by atoms with Gasteiger partial charge in [0.15, 0.2) is 0 Å². The van der Waals surface area contributed by atoms with Crippen LogP contribution in [0.15, 0.2) is 18.2 Å². The molecule has 0 radical (unpaired) electrons. The normalized spacial score (nSPS) is 19.2. The number of rotatable bonds is 2. The first kappa shape index (κ1) is 13.7. The molecule has 0 bridgehead atoms. The zero-order valence-corrected chi connectivity index (χ0v) is 11.2. The number of nitrogens with two attached hydrogens (primary N) is 2. The summed E-state index contributed by atoms with van der Waals surface area (Å²) in [4.78, 5) is 25.3. The van der Waals surface area contributed by atoms with Crippen LogP contribution in [0.3, 0.4) is 0 Å². The second kappa shape index (κ2) is 5.48. The Kier molecular flexibility index (Phi) is 3.95. The van der Waals surface area contributed by atoms with Crippen LogP contribution in [0.2, 0.25) is 5.02 Å². The number of benzene rings is 1. The number of likely N-dealkylation sites (tertiary alicyclic amines) is 1. The van der Waals surface area contributed by atoms with Gasteiger partial charge in [-0.3, -0.25) is 9.59 Å². The van der Waals surface area contributed by atoms with E-state index in [2.05, 4.69) is 0 Å². The van der Waals surface area contributed by atoms with Gasteiger partial charge in [-0.15, -0.1) is 0 Å². The molecule has 1 aliphatic heterocycles. The molecule has 1 unspecified atom stereocenters. The third kappa shape index (κ3) is 2.81. The van der Waals surface area contributed by atoms with Gasteiger partial charge < -0.3 is 16.4 Å². The number of halogens is 1. The number of nitrogen functional groups attached to an aromatic ring is 1. The van der Waals surface area contributed by atoms with Crippen molar-refractivity contribution in [3.63, 3.8) is 0 Å². The average Bonchev–Trinajstić information content (AvgIpc) is 2.41. The van der Waals surface area contributed by atoms with Crippen LogP contribution in [0.25, 0.3) is 0 Å². The van der Waals surface area contributed by atoms with E-state index in [9.17, 15) is 9.59 Å². The van der Waals surface area contributed by atoms with Gasteiger partial charge in [-0.1, -0.05) is 11.6 Å². The quantitative estimate of drug-likeness (QED) is 0.803. The van der Waals surface area contributed by atoms with E-state index in [4.69, 9.17) is 23.1 Å². The van der Waals surface area contributed by atoms with Gasteiger partial charge in [-0.25, -0.2) is 0 Å². The first-order chi connectivity index (χ1) is 9.00. The molecule has 1 aromatic carbocycles. The molecule has 0 spiro atoms. The minimum Gasteiger partial charge on any atom is -0.398 e. The molecule has 1 saturated heterocycles. The number of hydrogen-bond donors (Lipinski definition) is 2. The monoisotopic (exact) mass is 281 g/mol. The van der Waals surface area contributed by atoms with Crippen molar-refractivity contribution in [3.05, 3.63) is 28.8 Å². The topological polar surface area (TPSA) is 89.4 Å². The Bertz CT molecular complexity index is 519. The summed E-state index contributed by atoms with van der Waals surface area (Å²) in [6.45, 7) is 0.537. The molecule has 1 fully saturated rings. The van der Waals surface area contributed by atoms with Crippen molar-refractivity contribution in [2.24, 2.45) is 5.73 Å². The Labute approximate surface area is 116 Å². The summed E-state index contributed by atoms with van der Waals surface area (Å²) in [7, 11) is 0. The summed E-state index contributed by atoms with van der Waals surface area (Å²) in [6.07, 6.45) is 2.39. The minimum absolute atomic E-state index is 0.230. The molecule has 4 N–H and O–H groups in total. The van der Waals surface area contributed by atoms with E-state index in [-0.39, 0.29) is 5.91 Å². The molecule has 0 aliphatic carbocycles. The number of amides is 2. The van der Waals surface area contributed by atoms with Gasteiger partial charge in [0, 0.05) is 12.1 Å². The van der Waals surface area contributed by atoms with Crippen molar-refractivity contribution in [1.82, 2.24) is 4.90 Å². The third-order valence-corrected chi connectivity index (χ3v) is 3.68. The number of anilines is 1. The number of piperidine rings is 1. The van der Waals surface area contributed by atoms with Gasteiger partial charge in [0.2, 0.25) is 5.91 Å². The van der Waals surface area contributed by atoms with E-state index in [1.54, 1.807) is 12.1 Å². The molecule has 5 nitrogen and oxygen atoms in total. The standard InChI is InChI=1S/C13H16ClN3O2/c14-9-5-4-8(7-10(9)15)13(19)17-6-2-1-3-11(17)12(16)18/h4-5,7,11H,1-3,6,15H2,(H2,16,18). The Morgan fingerprint density at radius 3 is 2.68 bits per heavy atom. The molecule has 2 rings (SSSR count). The SMILES string of the molecule is NC(=O)C1CCCCN1C(=O)c1ccc(Cl)c(N)c1. The molecular weight excluding hydrogens is 266 g/mol. The summed E-state index contributed by atoms with van der Waals surface area (Å²) in [5.41, 5.74) is 11.8. The van der Waals surface area contributed by atoms with E-state index < -0.39 is 11.9 Å². The molecule has 1 aromatic rings. The molecule has 6 heteroatoms. The second-order valence-electron chi connectivity index (χ2n) is 4.65. The highest BCUT2D eigenvalue weighted by molar-refractivity contribution is 6.33. The van der Waals surface area contributed by atoms with Crippen LogP contribution >= 0.6 is 11.6 Å². The Morgan fingerprint density at radius 1 is 1.32 bits per heavy atom. The fourth-order valence-electron chi connectivity index (χ4n) is 2.31. The van der Waals surface area contributed by atoms with E-state index in [0.717, 1.165) is 12.8 Å². The largest absolute Gasteiger partial charge is 0.398 e. The van der Waals surface area contributed by atoms with Gasteiger partial charge in [0.1, 0.15) is 6.04 Å². The van der Waals surface area contributed by atoms with E-state index in [1.165, 1.54) is 11.0 Å².